The van der Waals surface area contributed by atoms with Crippen molar-refractivity contribution in [2.24, 2.45) is 0 Å². The second kappa shape index (κ2) is 6.42. The van der Waals surface area contributed by atoms with Crippen LogP contribution < -0.4 is 4.90 Å². The number of carbonyl (C=O) groups is 1. The van der Waals surface area contributed by atoms with Gasteiger partial charge in [-0.3, -0.25) is 9.88 Å². The van der Waals surface area contributed by atoms with Crippen LogP contribution in [0, 0.1) is 0 Å². The molecular weight excluding hydrogens is 322 g/mol. The van der Waals surface area contributed by atoms with E-state index in [-0.39, 0.29) is 6.03 Å². The molecule has 26 heavy (non-hydrogen) atoms. The molecule has 2 amide bonds. The van der Waals surface area contributed by atoms with Gasteiger partial charge in [-0.2, -0.15) is 0 Å². The Balaban J connectivity index is 1.38. The third-order valence-corrected chi connectivity index (χ3v) is 6.40. The molecule has 2 fully saturated rings. The number of aromatic nitrogens is 1. The number of rotatable bonds is 1. The van der Waals surface area contributed by atoms with E-state index in [1.807, 2.05) is 23.2 Å². The summed E-state index contributed by atoms with van der Waals surface area (Å²) in [5, 5.41) is 0. The van der Waals surface area contributed by atoms with E-state index in [9.17, 15) is 4.79 Å². The summed E-state index contributed by atoms with van der Waals surface area (Å²) in [6.07, 6.45) is 8.39. The van der Waals surface area contributed by atoms with Crippen LogP contribution in [0.2, 0.25) is 0 Å². The molecule has 3 atom stereocenters. The maximum absolute atomic E-state index is 13.5. The number of benzene rings is 1. The van der Waals surface area contributed by atoms with Gasteiger partial charge in [0, 0.05) is 42.1 Å². The normalized spacial score (nSPS) is 27.3. The number of fused-ring (bicyclic) bond motifs is 3. The van der Waals surface area contributed by atoms with E-state index in [1.54, 1.807) is 0 Å². The summed E-state index contributed by atoms with van der Waals surface area (Å²) >= 11 is 0. The predicted octanol–water partition coefficient (Wildman–Crippen LogP) is 4.36. The zero-order valence-corrected chi connectivity index (χ0v) is 15.1. The minimum absolute atomic E-state index is 0.226. The molecule has 3 aliphatic heterocycles. The van der Waals surface area contributed by atoms with Crippen LogP contribution in [-0.2, 0) is 6.42 Å². The molecule has 2 aromatic rings. The van der Waals surface area contributed by atoms with E-state index in [0.29, 0.717) is 18.0 Å². The highest BCUT2D eigenvalue weighted by Gasteiger charge is 2.45. The Morgan fingerprint density at radius 1 is 1.00 bits per heavy atom. The van der Waals surface area contributed by atoms with Gasteiger partial charge in [0.15, 0.2) is 0 Å². The summed E-state index contributed by atoms with van der Waals surface area (Å²) in [6.45, 7) is 0.843. The van der Waals surface area contributed by atoms with Crippen molar-refractivity contribution in [3.8, 4) is 0 Å². The number of amides is 2. The zero-order valence-electron chi connectivity index (χ0n) is 15.1. The van der Waals surface area contributed by atoms with Gasteiger partial charge in [-0.15, -0.1) is 0 Å². The molecule has 4 heteroatoms. The molecule has 1 aromatic heterocycles. The molecule has 2 bridgehead atoms. The number of urea groups is 1. The summed E-state index contributed by atoms with van der Waals surface area (Å²) in [7, 11) is 0. The highest BCUT2D eigenvalue weighted by Crippen LogP contribution is 2.43. The molecular formula is C22H25N3O. The fraction of sp³-hybridized carbons (Fsp3) is 0.455. The molecule has 1 aromatic carbocycles. The summed E-state index contributed by atoms with van der Waals surface area (Å²) in [4.78, 5) is 22.3. The quantitative estimate of drug-likeness (QED) is 0.768. The Kier molecular flexibility index (Phi) is 3.92. The first-order valence-electron chi connectivity index (χ1n) is 9.90. The van der Waals surface area contributed by atoms with Crippen LogP contribution in [0.4, 0.5) is 10.5 Å². The maximum atomic E-state index is 13.5. The van der Waals surface area contributed by atoms with Crippen molar-refractivity contribution in [2.75, 3.05) is 11.4 Å². The number of anilines is 1. The number of pyridine rings is 1. The van der Waals surface area contributed by atoms with Crippen LogP contribution in [-0.4, -0.2) is 34.5 Å². The molecule has 1 unspecified atom stereocenters. The Labute approximate surface area is 154 Å². The van der Waals surface area contributed by atoms with Crippen molar-refractivity contribution in [2.45, 2.75) is 56.5 Å². The predicted molar refractivity (Wildman–Crippen MR) is 102 cm³/mol. The Hall–Kier alpha value is -2.36. The first-order valence-corrected chi connectivity index (χ1v) is 9.90. The Bertz CT molecular complexity index is 792. The second-order valence-corrected chi connectivity index (χ2v) is 7.88. The topological polar surface area (TPSA) is 36.4 Å². The molecule has 0 spiro atoms. The van der Waals surface area contributed by atoms with Gasteiger partial charge >= 0.3 is 6.03 Å². The third kappa shape index (κ3) is 2.59. The number of carbonyl (C=O) groups excluding carboxylic acids is 1. The van der Waals surface area contributed by atoms with Gasteiger partial charge in [0.1, 0.15) is 0 Å². The van der Waals surface area contributed by atoms with Gasteiger partial charge in [-0.05, 0) is 62.3 Å². The van der Waals surface area contributed by atoms with Crippen molar-refractivity contribution < 1.29 is 4.79 Å². The minimum atomic E-state index is 0.226. The van der Waals surface area contributed by atoms with E-state index in [4.69, 9.17) is 0 Å². The lowest BCUT2D eigenvalue weighted by atomic mass is 9.88. The highest BCUT2D eigenvalue weighted by atomic mass is 16.2. The number of aryl methyl sites for hydroxylation is 1. The minimum Gasteiger partial charge on any atom is -0.318 e. The van der Waals surface area contributed by atoms with Crippen LogP contribution in [0.25, 0.3) is 0 Å². The molecule has 134 valence electrons. The second-order valence-electron chi connectivity index (χ2n) is 7.88. The molecule has 0 radical (unpaired) electrons. The van der Waals surface area contributed by atoms with Gasteiger partial charge in [0.05, 0.1) is 0 Å². The van der Waals surface area contributed by atoms with E-state index in [0.717, 1.165) is 50.8 Å². The SMILES string of the molecule is O=C(N1CCCc2ccccc21)N1[C@@H]2CC[C@H]1CC(c1ccccn1)C2. The molecule has 0 N–H and O–H groups in total. The van der Waals surface area contributed by atoms with Crippen molar-refractivity contribution in [1.29, 1.82) is 0 Å². The molecule has 4 heterocycles. The Morgan fingerprint density at radius 2 is 1.77 bits per heavy atom. The van der Waals surface area contributed by atoms with Crippen LogP contribution >= 0.6 is 0 Å². The monoisotopic (exact) mass is 347 g/mol. The van der Waals surface area contributed by atoms with E-state index >= 15 is 0 Å². The highest BCUT2D eigenvalue weighted by molar-refractivity contribution is 5.94. The van der Waals surface area contributed by atoms with Crippen LogP contribution in [0.1, 0.15) is 49.3 Å². The molecule has 0 saturated carbocycles. The summed E-state index contributed by atoms with van der Waals surface area (Å²) in [6, 6.07) is 15.5. The van der Waals surface area contributed by atoms with Gasteiger partial charge in [0.2, 0.25) is 0 Å². The molecule has 4 nitrogen and oxygen atoms in total. The number of nitrogens with zero attached hydrogens (tertiary/aromatic N) is 3. The summed E-state index contributed by atoms with van der Waals surface area (Å²) in [5.74, 6) is 0.492. The molecule has 2 saturated heterocycles. The smallest absolute Gasteiger partial charge is 0.318 e. The first kappa shape index (κ1) is 15.9. The third-order valence-electron chi connectivity index (χ3n) is 6.40. The molecule has 3 aliphatic rings. The average Bonchev–Trinajstić information content (AvgIpc) is 2.97. The van der Waals surface area contributed by atoms with Crippen molar-refractivity contribution in [1.82, 2.24) is 9.88 Å². The lowest BCUT2D eigenvalue weighted by molar-refractivity contribution is 0.142. The van der Waals surface area contributed by atoms with Crippen molar-refractivity contribution >= 4 is 11.7 Å². The fourth-order valence-electron chi connectivity index (χ4n) is 5.22. The van der Waals surface area contributed by atoms with Crippen LogP contribution in [0.5, 0.6) is 0 Å². The van der Waals surface area contributed by atoms with Gasteiger partial charge < -0.3 is 4.90 Å². The lowest BCUT2D eigenvalue weighted by Crippen LogP contribution is -2.53. The van der Waals surface area contributed by atoms with Crippen LogP contribution in [0.15, 0.2) is 48.7 Å². The fourth-order valence-corrected chi connectivity index (χ4v) is 5.22. The van der Waals surface area contributed by atoms with E-state index < -0.39 is 0 Å². The standard InChI is InChI=1S/C22H25N3O/c26-22(24-13-5-7-16-6-1-2-9-21(16)24)25-18-10-11-19(25)15-17(14-18)20-8-3-4-12-23-20/h1-4,6,8-9,12,17-19H,5,7,10-11,13-15H2/t17?,18-,19+. The average molecular weight is 347 g/mol. The lowest BCUT2D eigenvalue weighted by Gasteiger charge is -2.42. The largest absolute Gasteiger partial charge is 0.324 e. The van der Waals surface area contributed by atoms with Gasteiger partial charge in [-0.25, -0.2) is 4.79 Å². The number of hydrogen-bond acceptors (Lipinski definition) is 2. The first-order chi connectivity index (χ1) is 12.8. The Morgan fingerprint density at radius 3 is 2.54 bits per heavy atom. The number of hydrogen-bond donors (Lipinski definition) is 0. The van der Waals surface area contributed by atoms with Gasteiger partial charge in [-0.1, -0.05) is 24.3 Å². The van der Waals surface area contributed by atoms with E-state index in [2.05, 4.69) is 40.2 Å². The zero-order chi connectivity index (χ0) is 17.5. The molecule has 0 aliphatic carbocycles. The maximum Gasteiger partial charge on any atom is 0.324 e. The van der Waals surface area contributed by atoms with E-state index in [1.165, 1.54) is 11.3 Å². The van der Waals surface area contributed by atoms with Crippen molar-refractivity contribution in [3.63, 3.8) is 0 Å². The van der Waals surface area contributed by atoms with Crippen LogP contribution in [0.3, 0.4) is 0 Å². The summed E-state index contributed by atoms with van der Waals surface area (Å²) < 4.78 is 0. The van der Waals surface area contributed by atoms with Crippen molar-refractivity contribution in [3.05, 3.63) is 59.9 Å². The number of para-hydroxylation sites is 1. The molecule has 5 rings (SSSR count). The summed E-state index contributed by atoms with van der Waals surface area (Å²) in [5.41, 5.74) is 3.62. The van der Waals surface area contributed by atoms with Gasteiger partial charge in [0.25, 0.3) is 0 Å². The number of piperidine rings is 1.